The molecule has 2 N–H and O–H groups in total. The molecule has 2 fully saturated rings. The van der Waals surface area contributed by atoms with Crippen LogP contribution in [-0.4, -0.2) is 77.1 Å². The Morgan fingerprint density at radius 2 is 1.91 bits per heavy atom. The van der Waals surface area contributed by atoms with Crippen molar-refractivity contribution in [3.8, 4) is 16.9 Å². The maximum atomic E-state index is 13.4. The van der Waals surface area contributed by atoms with E-state index in [0.29, 0.717) is 17.5 Å². The van der Waals surface area contributed by atoms with Crippen molar-refractivity contribution in [2.24, 2.45) is 0 Å². The lowest BCUT2D eigenvalue weighted by atomic mass is 9.99. The van der Waals surface area contributed by atoms with Crippen LogP contribution in [0, 0.1) is 0 Å². The van der Waals surface area contributed by atoms with Gasteiger partial charge in [0.2, 0.25) is 0 Å². The summed E-state index contributed by atoms with van der Waals surface area (Å²) in [6.07, 6.45) is 6.11. The molecule has 33 heavy (non-hydrogen) atoms. The van der Waals surface area contributed by atoms with Gasteiger partial charge in [-0.1, -0.05) is 11.6 Å². The number of carbonyl (C=O) groups excluding carboxylic acids is 1. The lowest BCUT2D eigenvalue weighted by Crippen LogP contribution is -2.55. The molecule has 2 aromatic heterocycles. The Morgan fingerprint density at radius 3 is 2.73 bits per heavy atom. The lowest BCUT2D eigenvalue weighted by molar-refractivity contribution is -0.140. The molecule has 6 rings (SSSR count). The number of nitrogens with one attached hydrogen (secondary N) is 2. The van der Waals surface area contributed by atoms with E-state index in [-0.39, 0.29) is 5.91 Å². The molecule has 172 valence electrons. The van der Waals surface area contributed by atoms with E-state index < -0.39 is 6.10 Å². The van der Waals surface area contributed by atoms with Crippen LogP contribution in [0.3, 0.4) is 0 Å². The zero-order chi connectivity index (χ0) is 22.4. The minimum atomic E-state index is -0.494. The number of hydrogen-bond acceptors (Lipinski definition) is 5. The third kappa shape index (κ3) is 3.88. The average Bonchev–Trinajstić information content (AvgIpc) is 3.51. The van der Waals surface area contributed by atoms with Gasteiger partial charge in [0.05, 0.1) is 0 Å². The molecule has 3 aliphatic heterocycles. The highest BCUT2D eigenvalue weighted by Crippen LogP contribution is 2.43. The zero-order valence-corrected chi connectivity index (χ0v) is 19.3. The number of H-pyrrole nitrogens is 1. The number of benzene rings is 1. The first-order valence-electron chi connectivity index (χ1n) is 11.8. The first kappa shape index (κ1) is 21.0. The summed E-state index contributed by atoms with van der Waals surface area (Å²) in [7, 11) is 0. The van der Waals surface area contributed by atoms with Crippen molar-refractivity contribution in [3.05, 3.63) is 47.2 Å². The van der Waals surface area contributed by atoms with Gasteiger partial charge >= 0.3 is 0 Å². The molecule has 3 aliphatic rings. The number of ether oxygens (including phenoxy) is 1. The number of pyridine rings is 1. The van der Waals surface area contributed by atoms with Crippen molar-refractivity contribution in [3.63, 3.8) is 0 Å². The Hall–Kier alpha value is -2.61. The number of piperidine rings is 1. The molecule has 0 spiro atoms. The molecule has 1 atom stereocenters. The van der Waals surface area contributed by atoms with E-state index in [1.54, 1.807) is 6.20 Å². The third-order valence-corrected chi connectivity index (χ3v) is 7.49. The Labute approximate surface area is 198 Å². The highest BCUT2D eigenvalue weighted by Gasteiger charge is 2.36. The number of halogens is 1. The van der Waals surface area contributed by atoms with Gasteiger partial charge in [0.25, 0.3) is 5.91 Å². The van der Waals surface area contributed by atoms with Gasteiger partial charge in [-0.25, -0.2) is 4.98 Å². The van der Waals surface area contributed by atoms with E-state index >= 15 is 0 Å². The number of aromatic amines is 1. The second-order valence-corrected chi connectivity index (χ2v) is 9.63. The fourth-order valence-electron chi connectivity index (χ4n) is 5.54. The Bertz CT molecular complexity index is 1180. The molecule has 0 radical (unpaired) electrons. The molecular formula is C25H28ClN5O2. The SMILES string of the molecule is O=C(C1Cc2cc(Cl)cc(-c3ccnc4[nH]ccc34)c2O1)N1CCN(C2CCNCC2)CC1. The fourth-order valence-corrected chi connectivity index (χ4v) is 5.78. The normalized spacial score (nSPS) is 21.8. The molecule has 8 heteroatoms. The van der Waals surface area contributed by atoms with Crippen molar-refractivity contribution in [1.29, 1.82) is 0 Å². The molecule has 0 aliphatic carbocycles. The number of aromatic nitrogens is 2. The van der Waals surface area contributed by atoms with Crippen LogP contribution in [0.25, 0.3) is 22.2 Å². The number of nitrogens with zero attached hydrogens (tertiary/aromatic N) is 3. The van der Waals surface area contributed by atoms with Crippen LogP contribution in [0.4, 0.5) is 0 Å². The van der Waals surface area contributed by atoms with Gasteiger partial charge in [-0.15, -0.1) is 0 Å². The molecule has 0 saturated carbocycles. The minimum absolute atomic E-state index is 0.0831. The predicted octanol–water partition coefficient (Wildman–Crippen LogP) is 3.08. The number of amides is 1. The van der Waals surface area contributed by atoms with E-state index in [2.05, 4.69) is 20.2 Å². The van der Waals surface area contributed by atoms with Crippen LogP contribution in [0.1, 0.15) is 18.4 Å². The Kier molecular flexibility index (Phi) is 5.48. The first-order valence-corrected chi connectivity index (χ1v) is 12.2. The highest BCUT2D eigenvalue weighted by atomic mass is 35.5. The van der Waals surface area contributed by atoms with Crippen LogP contribution < -0.4 is 10.1 Å². The van der Waals surface area contributed by atoms with E-state index in [1.807, 2.05) is 35.4 Å². The van der Waals surface area contributed by atoms with E-state index in [4.69, 9.17) is 16.3 Å². The summed E-state index contributed by atoms with van der Waals surface area (Å²) in [5.74, 6) is 0.847. The number of fused-ring (bicyclic) bond motifs is 2. The molecule has 0 bridgehead atoms. The second-order valence-electron chi connectivity index (χ2n) is 9.19. The maximum Gasteiger partial charge on any atom is 0.264 e. The largest absolute Gasteiger partial charge is 0.479 e. The van der Waals surface area contributed by atoms with Crippen molar-refractivity contribution in [2.75, 3.05) is 39.3 Å². The second kappa shape index (κ2) is 8.63. The molecule has 3 aromatic rings. The lowest BCUT2D eigenvalue weighted by Gasteiger charge is -2.41. The molecule has 7 nitrogen and oxygen atoms in total. The summed E-state index contributed by atoms with van der Waals surface area (Å²) in [6.45, 7) is 5.60. The number of hydrogen-bond donors (Lipinski definition) is 2. The fraction of sp³-hybridized carbons (Fsp3) is 0.440. The van der Waals surface area contributed by atoms with Crippen molar-refractivity contribution < 1.29 is 9.53 Å². The van der Waals surface area contributed by atoms with E-state index in [0.717, 1.165) is 72.7 Å². The topological polar surface area (TPSA) is 73.5 Å². The predicted molar refractivity (Wildman–Crippen MR) is 129 cm³/mol. The maximum absolute atomic E-state index is 13.4. The number of carbonyl (C=O) groups is 1. The summed E-state index contributed by atoms with van der Waals surface area (Å²) in [5, 5.41) is 5.09. The smallest absolute Gasteiger partial charge is 0.264 e. The zero-order valence-electron chi connectivity index (χ0n) is 18.5. The van der Waals surface area contributed by atoms with E-state index in [1.165, 1.54) is 12.8 Å². The summed E-state index contributed by atoms with van der Waals surface area (Å²) in [6, 6.07) is 8.47. The first-order chi connectivity index (χ1) is 16.2. The number of piperazine rings is 1. The molecular weight excluding hydrogens is 438 g/mol. The molecule has 1 amide bonds. The summed E-state index contributed by atoms with van der Waals surface area (Å²) in [5.41, 5.74) is 3.72. The van der Waals surface area contributed by atoms with Crippen LogP contribution in [0.2, 0.25) is 5.02 Å². The van der Waals surface area contributed by atoms with Crippen LogP contribution in [0.5, 0.6) is 5.75 Å². The van der Waals surface area contributed by atoms with Crippen molar-refractivity contribution in [2.45, 2.75) is 31.4 Å². The Morgan fingerprint density at radius 1 is 1.09 bits per heavy atom. The van der Waals surface area contributed by atoms with Crippen molar-refractivity contribution in [1.82, 2.24) is 25.1 Å². The highest BCUT2D eigenvalue weighted by molar-refractivity contribution is 6.31. The summed E-state index contributed by atoms with van der Waals surface area (Å²) >= 11 is 6.49. The third-order valence-electron chi connectivity index (χ3n) is 7.27. The number of rotatable bonds is 3. The van der Waals surface area contributed by atoms with Gasteiger partial charge in [0.1, 0.15) is 11.4 Å². The Balaban J connectivity index is 1.20. The molecule has 1 aromatic carbocycles. The summed E-state index contributed by atoms with van der Waals surface area (Å²) < 4.78 is 6.33. The standard InChI is InChI=1S/C25H28ClN5O2/c26-17-13-16-14-22(25(32)31-11-9-30(10-12-31)18-1-5-27-6-2-18)33-23(16)21(15-17)19-3-7-28-24-20(19)4-8-29-24/h3-4,7-8,13,15,18,22,27H,1-2,5-6,9-12,14H2,(H,28,29). The average molecular weight is 466 g/mol. The molecule has 1 unspecified atom stereocenters. The summed E-state index contributed by atoms with van der Waals surface area (Å²) in [4.78, 5) is 25.5. The monoisotopic (exact) mass is 465 g/mol. The van der Waals surface area contributed by atoms with Gasteiger partial charge in [0.15, 0.2) is 6.10 Å². The van der Waals surface area contributed by atoms with Crippen LogP contribution in [0.15, 0.2) is 36.7 Å². The quantitative estimate of drug-likeness (QED) is 0.622. The minimum Gasteiger partial charge on any atom is -0.479 e. The molecule has 5 heterocycles. The van der Waals surface area contributed by atoms with Crippen LogP contribution in [-0.2, 0) is 11.2 Å². The van der Waals surface area contributed by atoms with Gasteiger partial charge in [-0.05, 0) is 55.8 Å². The van der Waals surface area contributed by atoms with E-state index in [9.17, 15) is 4.79 Å². The van der Waals surface area contributed by atoms with Crippen molar-refractivity contribution >= 4 is 28.5 Å². The van der Waals surface area contributed by atoms with Gasteiger partial charge in [-0.3, -0.25) is 9.69 Å². The molecule has 2 saturated heterocycles. The van der Waals surface area contributed by atoms with Gasteiger partial charge in [-0.2, -0.15) is 0 Å². The van der Waals surface area contributed by atoms with Crippen LogP contribution >= 0.6 is 11.6 Å². The van der Waals surface area contributed by atoms with Gasteiger partial charge in [0, 0.05) is 72.6 Å². The van der Waals surface area contributed by atoms with Gasteiger partial charge < -0.3 is 19.9 Å².